The van der Waals surface area contributed by atoms with E-state index in [2.05, 4.69) is 10.2 Å². The average Bonchev–Trinajstić information content (AvgIpc) is 3.05. The molecule has 1 aromatic heterocycles. The number of hydrogen-bond donors (Lipinski definition) is 0. The Bertz CT molecular complexity index is 806. The molecule has 0 N–H and O–H groups in total. The zero-order chi connectivity index (χ0) is 16.4. The normalized spacial score (nSPS) is 18.6. The Morgan fingerprint density at radius 2 is 2.00 bits per heavy atom. The van der Waals surface area contributed by atoms with E-state index < -0.39 is 9.05 Å². The molecule has 23 heavy (non-hydrogen) atoms. The SMILES string of the molecule is O=C1CC(CS(=O)(=O)Cl)CN1c1nnc(Cc2ccccc2)o1. The molecular formula is C14H14ClN3O4S. The van der Waals surface area contributed by atoms with Gasteiger partial charge in [0.15, 0.2) is 0 Å². The van der Waals surface area contributed by atoms with Crippen molar-refractivity contribution in [3.8, 4) is 0 Å². The third-order valence-corrected chi connectivity index (χ3v) is 4.77. The van der Waals surface area contributed by atoms with Crippen LogP contribution < -0.4 is 4.90 Å². The molecule has 1 atom stereocenters. The summed E-state index contributed by atoms with van der Waals surface area (Å²) in [6.45, 7) is 0.206. The molecule has 1 fully saturated rings. The molecule has 0 spiro atoms. The Hall–Kier alpha value is -1.93. The molecule has 1 unspecified atom stereocenters. The van der Waals surface area contributed by atoms with Gasteiger partial charge in [-0.1, -0.05) is 35.4 Å². The summed E-state index contributed by atoms with van der Waals surface area (Å²) >= 11 is 0. The van der Waals surface area contributed by atoms with Gasteiger partial charge in [0.1, 0.15) is 0 Å². The number of amides is 1. The van der Waals surface area contributed by atoms with Crippen molar-refractivity contribution in [3.63, 3.8) is 0 Å². The molecule has 1 aliphatic rings. The zero-order valence-electron chi connectivity index (χ0n) is 12.1. The predicted octanol–water partition coefficient (Wildman–Crippen LogP) is 1.58. The van der Waals surface area contributed by atoms with Gasteiger partial charge in [-0.05, 0) is 5.56 Å². The van der Waals surface area contributed by atoms with E-state index in [4.69, 9.17) is 15.1 Å². The van der Waals surface area contributed by atoms with Crippen LogP contribution >= 0.6 is 10.7 Å². The molecule has 7 nitrogen and oxygen atoms in total. The molecule has 1 aromatic carbocycles. The Labute approximate surface area is 137 Å². The fraction of sp³-hybridized carbons (Fsp3) is 0.357. The number of hydrogen-bond acceptors (Lipinski definition) is 6. The van der Waals surface area contributed by atoms with Gasteiger partial charge in [-0.25, -0.2) is 8.42 Å². The van der Waals surface area contributed by atoms with Crippen molar-refractivity contribution in [2.45, 2.75) is 12.8 Å². The van der Waals surface area contributed by atoms with E-state index in [0.29, 0.717) is 12.3 Å². The number of carbonyl (C=O) groups excluding carboxylic acids is 1. The van der Waals surface area contributed by atoms with Gasteiger partial charge < -0.3 is 4.42 Å². The first-order chi connectivity index (χ1) is 10.9. The molecule has 1 aliphatic heterocycles. The van der Waals surface area contributed by atoms with E-state index in [1.165, 1.54) is 4.90 Å². The minimum atomic E-state index is -3.65. The highest BCUT2D eigenvalue weighted by Crippen LogP contribution is 2.26. The van der Waals surface area contributed by atoms with Crippen molar-refractivity contribution in [3.05, 3.63) is 41.8 Å². The van der Waals surface area contributed by atoms with E-state index in [9.17, 15) is 13.2 Å². The van der Waals surface area contributed by atoms with Crippen molar-refractivity contribution < 1.29 is 17.6 Å². The highest BCUT2D eigenvalue weighted by Gasteiger charge is 2.35. The van der Waals surface area contributed by atoms with Crippen molar-refractivity contribution in [2.75, 3.05) is 17.2 Å². The van der Waals surface area contributed by atoms with Gasteiger partial charge in [-0.2, -0.15) is 0 Å². The van der Waals surface area contributed by atoms with E-state index in [-0.39, 0.29) is 36.6 Å². The summed E-state index contributed by atoms with van der Waals surface area (Å²) in [5.74, 6) is -0.464. The summed E-state index contributed by atoms with van der Waals surface area (Å²) in [7, 11) is 1.59. The van der Waals surface area contributed by atoms with Crippen LogP contribution in [-0.2, 0) is 20.3 Å². The maximum atomic E-state index is 12.0. The molecule has 0 saturated carbocycles. The van der Waals surface area contributed by atoms with Crippen LogP contribution in [0.3, 0.4) is 0 Å². The van der Waals surface area contributed by atoms with Crippen molar-refractivity contribution >= 4 is 31.7 Å². The van der Waals surface area contributed by atoms with Gasteiger partial charge in [0.2, 0.25) is 20.8 Å². The number of benzene rings is 1. The third-order valence-electron chi connectivity index (χ3n) is 3.53. The fourth-order valence-corrected chi connectivity index (χ4v) is 3.88. The van der Waals surface area contributed by atoms with Crippen LogP contribution in [0.1, 0.15) is 17.9 Å². The molecule has 0 bridgehead atoms. The summed E-state index contributed by atoms with van der Waals surface area (Å²) in [5.41, 5.74) is 1.02. The highest BCUT2D eigenvalue weighted by atomic mass is 35.7. The molecule has 0 aliphatic carbocycles. The number of aromatic nitrogens is 2. The van der Waals surface area contributed by atoms with Gasteiger partial charge in [0.25, 0.3) is 0 Å². The number of carbonyl (C=O) groups is 1. The lowest BCUT2D eigenvalue weighted by molar-refractivity contribution is -0.117. The molecule has 1 saturated heterocycles. The Morgan fingerprint density at radius 3 is 2.70 bits per heavy atom. The predicted molar refractivity (Wildman–Crippen MR) is 83.6 cm³/mol. The van der Waals surface area contributed by atoms with Crippen LogP contribution in [0.5, 0.6) is 0 Å². The lowest BCUT2D eigenvalue weighted by atomic mass is 10.1. The van der Waals surface area contributed by atoms with Gasteiger partial charge in [-0.3, -0.25) is 9.69 Å². The van der Waals surface area contributed by atoms with Crippen LogP contribution in [-0.4, -0.2) is 36.8 Å². The Kier molecular flexibility index (Phi) is 4.36. The summed E-state index contributed by atoms with van der Waals surface area (Å²) in [5, 5.41) is 7.82. The van der Waals surface area contributed by atoms with Crippen LogP contribution in [0.15, 0.2) is 34.7 Å². The van der Waals surface area contributed by atoms with Gasteiger partial charge in [0, 0.05) is 29.6 Å². The zero-order valence-corrected chi connectivity index (χ0v) is 13.6. The monoisotopic (exact) mass is 355 g/mol. The topological polar surface area (TPSA) is 93.4 Å². The van der Waals surface area contributed by atoms with Crippen LogP contribution in [0, 0.1) is 5.92 Å². The second-order valence-corrected chi connectivity index (χ2v) is 8.24. The summed E-state index contributed by atoms with van der Waals surface area (Å²) in [6, 6.07) is 9.70. The van der Waals surface area contributed by atoms with Crippen LogP contribution in [0.25, 0.3) is 0 Å². The summed E-state index contributed by atoms with van der Waals surface area (Å²) < 4.78 is 27.8. The van der Waals surface area contributed by atoms with Crippen LogP contribution in [0.4, 0.5) is 6.01 Å². The second kappa shape index (κ2) is 6.29. The average molecular weight is 356 g/mol. The number of nitrogens with zero attached hydrogens (tertiary/aromatic N) is 3. The first-order valence-corrected chi connectivity index (χ1v) is 9.47. The summed E-state index contributed by atoms with van der Waals surface area (Å²) in [4.78, 5) is 13.3. The number of halogens is 1. The third kappa shape index (κ3) is 4.08. The van der Waals surface area contributed by atoms with Crippen LogP contribution in [0.2, 0.25) is 0 Å². The highest BCUT2D eigenvalue weighted by molar-refractivity contribution is 8.13. The molecule has 1 amide bonds. The van der Waals surface area contributed by atoms with E-state index in [1.807, 2.05) is 30.3 Å². The lowest BCUT2D eigenvalue weighted by Gasteiger charge is -2.10. The molecule has 2 heterocycles. The Balaban J connectivity index is 1.69. The second-order valence-electron chi connectivity index (χ2n) is 5.42. The quantitative estimate of drug-likeness (QED) is 0.756. The lowest BCUT2D eigenvalue weighted by Crippen LogP contribution is -2.25. The van der Waals surface area contributed by atoms with Gasteiger partial charge >= 0.3 is 6.01 Å². The standard InChI is InChI=1S/C14H14ClN3O4S/c15-23(20,21)9-11-7-13(19)18(8-11)14-17-16-12(22-14)6-10-4-2-1-3-5-10/h1-5,11H,6-9H2. The van der Waals surface area contributed by atoms with Crippen molar-refractivity contribution in [1.29, 1.82) is 0 Å². The first-order valence-electron chi connectivity index (χ1n) is 7.00. The maximum absolute atomic E-state index is 12.0. The molecule has 2 aromatic rings. The minimum absolute atomic E-state index is 0.0930. The maximum Gasteiger partial charge on any atom is 0.325 e. The number of anilines is 1. The smallest absolute Gasteiger partial charge is 0.325 e. The van der Waals surface area contributed by atoms with Gasteiger partial charge in [0.05, 0.1) is 12.2 Å². The molecular weight excluding hydrogens is 342 g/mol. The minimum Gasteiger partial charge on any atom is -0.407 e. The number of rotatable bonds is 5. The largest absolute Gasteiger partial charge is 0.407 e. The fourth-order valence-electron chi connectivity index (χ4n) is 2.56. The Morgan fingerprint density at radius 1 is 1.26 bits per heavy atom. The molecule has 0 radical (unpaired) electrons. The molecule has 122 valence electrons. The molecule has 9 heteroatoms. The summed E-state index contributed by atoms with van der Waals surface area (Å²) in [6.07, 6.45) is 0.567. The van der Waals surface area contributed by atoms with Crippen molar-refractivity contribution in [1.82, 2.24) is 10.2 Å². The van der Waals surface area contributed by atoms with Gasteiger partial charge in [-0.15, -0.1) is 5.10 Å². The van der Waals surface area contributed by atoms with E-state index in [0.717, 1.165) is 5.56 Å². The van der Waals surface area contributed by atoms with E-state index in [1.54, 1.807) is 0 Å². The van der Waals surface area contributed by atoms with Crippen molar-refractivity contribution in [2.24, 2.45) is 5.92 Å². The molecule has 3 rings (SSSR count). The first kappa shape index (κ1) is 15.9. The van der Waals surface area contributed by atoms with E-state index >= 15 is 0 Å².